The van der Waals surface area contributed by atoms with Crippen LogP contribution in [-0.2, 0) is 26.7 Å². The quantitative estimate of drug-likeness (QED) is 0.850. The van der Waals surface area contributed by atoms with Crippen LogP contribution in [0.2, 0.25) is 0 Å². The van der Waals surface area contributed by atoms with E-state index in [0.29, 0.717) is 6.54 Å². The maximum atomic E-state index is 5.59. The number of pyridine rings is 1. The molecule has 0 atom stereocenters. The first-order valence-corrected chi connectivity index (χ1v) is 5.97. The molecular weight excluding hydrogens is 226 g/mol. The standard InChI is InChI=1S/C13H19N5/c1-17(10-13-16-5-6-18(13)2)9-11-3-4-15-12(7-11)8-14/h3-7H,8-10,14H2,1-2H3. The molecule has 0 amide bonds. The third kappa shape index (κ3) is 3.15. The van der Waals surface area contributed by atoms with Gasteiger partial charge in [0, 0.05) is 38.7 Å². The largest absolute Gasteiger partial charge is 0.337 e. The molecule has 0 aliphatic carbocycles. The Labute approximate surface area is 107 Å². The zero-order valence-electron chi connectivity index (χ0n) is 10.9. The van der Waals surface area contributed by atoms with E-state index in [-0.39, 0.29) is 0 Å². The molecule has 2 rings (SSSR count). The Kier molecular flexibility index (Phi) is 4.07. The second kappa shape index (κ2) is 5.75. The predicted octanol–water partition coefficient (Wildman–Crippen LogP) is 0.906. The number of nitrogens with zero attached hydrogens (tertiary/aromatic N) is 4. The summed E-state index contributed by atoms with van der Waals surface area (Å²) in [7, 11) is 4.09. The Morgan fingerprint density at radius 1 is 1.28 bits per heavy atom. The first-order chi connectivity index (χ1) is 8.69. The molecular formula is C13H19N5. The van der Waals surface area contributed by atoms with Crippen LogP contribution in [0.4, 0.5) is 0 Å². The second-order valence-corrected chi connectivity index (χ2v) is 4.49. The van der Waals surface area contributed by atoms with Crippen LogP contribution in [-0.4, -0.2) is 26.5 Å². The molecule has 0 unspecified atom stereocenters. The molecule has 0 spiro atoms. The number of hydrogen-bond acceptors (Lipinski definition) is 4. The normalized spacial score (nSPS) is 11.1. The van der Waals surface area contributed by atoms with Crippen molar-refractivity contribution >= 4 is 0 Å². The highest BCUT2D eigenvalue weighted by Gasteiger charge is 2.05. The number of aryl methyl sites for hydroxylation is 1. The average molecular weight is 245 g/mol. The van der Waals surface area contributed by atoms with E-state index in [1.165, 1.54) is 5.56 Å². The highest BCUT2D eigenvalue weighted by molar-refractivity contribution is 5.16. The van der Waals surface area contributed by atoms with Gasteiger partial charge >= 0.3 is 0 Å². The Hall–Kier alpha value is -1.72. The fourth-order valence-electron chi connectivity index (χ4n) is 1.90. The molecule has 5 heteroatoms. The lowest BCUT2D eigenvalue weighted by Crippen LogP contribution is -2.19. The van der Waals surface area contributed by atoms with Crippen molar-refractivity contribution in [3.63, 3.8) is 0 Å². The van der Waals surface area contributed by atoms with Crippen LogP contribution in [0.25, 0.3) is 0 Å². The maximum absolute atomic E-state index is 5.59. The van der Waals surface area contributed by atoms with E-state index in [1.807, 2.05) is 36.3 Å². The van der Waals surface area contributed by atoms with Crippen molar-refractivity contribution in [2.24, 2.45) is 12.8 Å². The lowest BCUT2D eigenvalue weighted by Gasteiger charge is -2.16. The molecule has 0 bridgehead atoms. The summed E-state index contributed by atoms with van der Waals surface area (Å²) < 4.78 is 2.04. The molecule has 0 saturated carbocycles. The zero-order valence-corrected chi connectivity index (χ0v) is 10.9. The molecule has 0 fully saturated rings. The van der Waals surface area contributed by atoms with Crippen LogP contribution in [0.1, 0.15) is 17.1 Å². The Morgan fingerprint density at radius 2 is 2.11 bits per heavy atom. The fraction of sp³-hybridized carbons (Fsp3) is 0.385. The van der Waals surface area contributed by atoms with E-state index >= 15 is 0 Å². The molecule has 96 valence electrons. The minimum Gasteiger partial charge on any atom is -0.337 e. The van der Waals surface area contributed by atoms with Gasteiger partial charge in [-0.25, -0.2) is 4.98 Å². The van der Waals surface area contributed by atoms with E-state index < -0.39 is 0 Å². The van der Waals surface area contributed by atoms with Crippen molar-refractivity contribution in [3.05, 3.63) is 47.8 Å². The van der Waals surface area contributed by atoms with Crippen molar-refractivity contribution in [2.45, 2.75) is 19.6 Å². The first-order valence-electron chi connectivity index (χ1n) is 5.97. The minimum atomic E-state index is 0.483. The summed E-state index contributed by atoms with van der Waals surface area (Å²) in [6.07, 6.45) is 5.59. The van der Waals surface area contributed by atoms with Crippen molar-refractivity contribution in [1.82, 2.24) is 19.4 Å². The van der Waals surface area contributed by atoms with Gasteiger partial charge < -0.3 is 10.3 Å². The van der Waals surface area contributed by atoms with E-state index in [9.17, 15) is 0 Å². The Balaban J connectivity index is 1.98. The van der Waals surface area contributed by atoms with E-state index in [2.05, 4.69) is 28.0 Å². The average Bonchev–Trinajstić information content (AvgIpc) is 2.75. The van der Waals surface area contributed by atoms with Gasteiger partial charge in [0.2, 0.25) is 0 Å². The number of nitrogens with two attached hydrogens (primary N) is 1. The third-order valence-corrected chi connectivity index (χ3v) is 2.87. The van der Waals surface area contributed by atoms with Crippen LogP contribution in [0, 0.1) is 0 Å². The Bertz CT molecular complexity index is 506. The minimum absolute atomic E-state index is 0.483. The number of aromatic nitrogens is 3. The molecule has 5 nitrogen and oxygen atoms in total. The molecule has 0 aliphatic rings. The third-order valence-electron chi connectivity index (χ3n) is 2.87. The summed E-state index contributed by atoms with van der Waals surface area (Å²) in [6, 6.07) is 4.07. The van der Waals surface area contributed by atoms with Crippen LogP contribution in [0.5, 0.6) is 0 Å². The van der Waals surface area contributed by atoms with E-state index in [1.54, 1.807) is 0 Å². The SMILES string of the molecule is CN(Cc1ccnc(CN)c1)Cc1nccn1C. The number of hydrogen-bond donors (Lipinski definition) is 1. The Morgan fingerprint density at radius 3 is 2.78 bits per heavy atom. The van der Waals surface area contributed by atoms with Crippen molar-refractivity contribution in [3.8, 4) is 0 Å². The van der Waals surface area contributed by atoms with Gasteiger partial charge in [0.1, 0.15) is 5.82 Å². The topological polar surface area (TPSA) is 60.0 Å². The summed E-state index contributed by atoms with van der Waals surface area (Å²) in [6.45, 7) is 2.17. The van der Waals surface area contributed by atoms with Gasteiger partial charge in [-0.2, -0.15) is 0 Å². The summed E-state index contributed by atoms with van der Waals surface area (Å²) in [5, 5.41) is 0. The zero-order chi connectivity index (χ0) is 13.0. The molecule has 0 aliphatic heterocycles. The van der Waals surface area contributed by atoms with Gasteiger partial charge in [-0.3, -0.25) is 9.88 Å². The van der Waals surface area contributed by atoms with E-state index in [4.69, 9.17) is 5.73 Å². The molecule has 2 heterocycles. The van der Waals surface area contributed by atoms with Crippen molar-refractivity contribution < 1.29 is 0 Å². The predicted molar refractivity (Wildman–Crippen MR) is 70.5 cm³/mol. The van der Waals surface area contributed by atoms with Crippen LogP contribution >= 0.6 is 0 Å². The maximum Gasteiger partial charge on any atom is 0.122 e. The second-order valence-electron chi connectivity index (χ2n) is 4.49. The summed E-state index contributed by atoms with van der Waals surface area (Å²) in [5.41, 5.74) is 7.74. The summed E-state index contributed by atoms with van der Waals surface area (Å²) in [5.74, 6) is 1.06. The highest BCUT2D eigenvalue weighted by atomic mass is 15.1. The molecule has 18 heavy (non-hydrogen) atoms. The summed E-state index contributed by atoms with van der Waals surface area (Å²) in [4.78, 5) is 10.7. The lowest BCUT2D eigenvalue weighted by molar-refractivity contribution is 0.307. The van der Waals surface area contributed by atoms with Gasteiger partial charge in [0.05, 0.1) is 12.2 Å². The number of rotatable bonds is 5. The van der Waals surface area contributed by atoms with Gasteiger partial charge in [-0.1, -0.05) is 0 Å². The highest BCUT2D eigenvalue weighted by Crippen LogP contribution is 2.07. The monoisotopic (exact) mass is 245 g/mol. The van der Waals surface area contributed by atoms with Crippen LogP contribution < -0.4 is 5.73 Å². The number of imidazole rings is 1. The van der Waals surface area contributed by atoms with Gasteiger partial charge in [0.15, 0.2) is 0 Å². The van der Waals surface area contributed by atoms with Crippen molar-refractivity contribution in [2.75, 3.05) is 7.05 Å². The molecule has 0 aromatic carbocycles. The molecule has 2 N–H and O–H groups in total. The van der Waals surface area contributed by atoms with Crippen LogP contribution in [0.3, 0.4) is 0 Å². The van der Waals surface area contributed by atoms with Gasteiger partial charge in [-0.15, -0.1) is 0 Å². The van der Waals surface area contributed by atoms with Gasteiger partial charge in [0.25, 0.3) is 0 Å². The first kappa shape index (κ1) is 12.7. The molecule has 2 aromatic heterocycles. The van der Waals surface area contributed by atoms with E-state index in [0.717, 1.165) is 24.6 Å². The smallest absolute Gasteiger partial charge is 0.122 e. The molecule has 0 radical (unpaired) electrons. The van der Waals surface area contributed by atoms with Crippen LogP contribution in [0.15, 0.2) is 30.7 Å². The lowest BCUT2D eigenvalue weighted by atomic mass is 10.2. The molecule has 2 aromatic rings. The van der Waals surface area contributed by atoms with Gasteiger partial charge in [-0.05, 0) is 24.7 Å². The van der Waals surface area contributed by atoms with Crippen molar-refractivity contribution in [1.29, 1.82) is 0 Å². The summed E-state index contributed by atoms with van der Waals surface area (Å²) >= 11 is 0. The fourth-order valence-corrected chi connectivity index (χ4v) is 1.90. The molecule has 0 saturated heterocycles.